The Balaban J connectivity index is 1.22. The summed E-state index contributed by atoms with van der Waals surface area (Å²) < 4.78 is 6.30. The lowest BCUT2D eigenvalue weighted by molar-refractivity contribution is 0.0868. The molecule has 4 heterocycles. The zero-order chi connectivity index (χ0) is 27.6. The number of anilines is 2. The van der Waals surface area contributed by atoms with E-state index in [1.807, 2.05) is 48.5 Å². The summed E-state index contributed by atoms with van der Waals surface area (Å²) in [6.45, 7) is 3.95. The van der Waals surface area contributed by atoms with Crippen LogP contribution in [0.1, 0.15) is 17.6 Å². The summed E-state index contributed by atoms with van der Waals surface area (Å²) in [5, 5.41) is 8.62. The van der Waals surface area contributed by atoms with Crippen LogP contribution in [-0.4, -0.2) is 42.0 Å². The number of nitrogens with zero attached hydrogens (tertiary/aromatic N) is 5. The van der Waals surface area contributed by atoms with E-state index in [1.165, 1.54) is 12.0 Å². The molecular weight excluding hydrogens is 536 g/mol. The third-order valence-corrected chi connectivity index (χ3v) is 7.61. The van der Waals surface area contributed by atoms with Gasteiger partial charge >= 0.3 is 0 Å². The van der Waals surface area contributed by atoms with Crippen LogP contribution < -0.4 is 15.1 Å². The minimum Gasteiger partial charge on any atom is -0.453 e. The van der Waals surface area contributed by atoms with Crippen LogP contribution in [0.3, 0.4) is 0 Å². The average Bonchev–Trinajstić information content (AvgIpc) is 3.71. The van der Waals surface area contributed by atoms with Gasteiger partial charge in [0.2, 0.25) is 12.1 Å². The van der Waals surface area contributed by atoms with Gasteiger partial charge in [-0.2, -0.15) is 0 Å². The first-order valence-electron chi connectivity index (χ1n) is 13.5. The molecule has 0 radical (unpaired) electrons. The molecule has 1 saturated heterocycles. The Kier molecular flexibility index (Phi) is 6.84. The zero-order valence-electron chi connectivity index (χ0n) is 22.2. The maximum atomic E-state index is 6.30. The van der Waals surface area contributed by atoms with Crippen molar-refractivity contribution in [2.75, 3.05) is 36.0 Å². The minimum absolute atomic E-state index is 0.472. The van der Waals surface area contributed by atoms with E-state index in [0.717, 1.165) is 59.9 Å². The van der Waals surface area contributed by atoms with E-state index in [4.69, 9.17) is 20.9 Å². The lowest BCUT2D eigenvalue weighted by Gasteiger charge is -2.30. The SMILES string of the molecule is Clc1ccc(-c2ccc(C3=NOC(c4ccc(-c5cncnc5)cc4)N3c3ccc(N4CCNCC4)cc3)o2)cc1. The highest BCUT2D eigenvalue weighted by Gasteiger charge is 2.35. The van der Waals surface area contributed by atoms with Crippen molar-refractivity contribution in [3.63, 3.8) is 0 Å². The van der Waals surface area contributed by atoms with Crippen LogP contribution >= 0.6 is 11.6 Å². The summed E-state index contributed by atoms with van der Waals surface area (Å²) in [5.74, 6) is 1.94. The molecule has 41 heavy (non-hydrogen) atoms. The van der Waals surface area contributed by atoms with Crippen molar-refractivity contribution in [1.29, 1.82) is 0 Å². The van der Waals surface area contributed by atoms with E-state index < -0.39 is 6.23 Å². The van der Waals surface area contributed by atoms with Gasteiger partial charge in [0.1, 0.15) is 12.1 Å². The molecule has 0 amide bonds. The van der Waals surface area contributed by atoms with Gasteiger partial charge in [-0.15, -0.1) is 0 Å². The summed E-state index contributed by atoms with van der Waals surface area (Å²) in [4.78, 5) is 18.8. The topological polar surface area (TPSA) is 79.0 Å². The van der Waals surface area contributed by atoms with Crippen molar-refractivity contribution < 1.29 is 9.25 Å². The molecule has 2 aliphatic heterocycles. The molecule has 7 rings (SSSR count). The third-order valence-electron chi connectivity index (χ3n) is 7.36. The first-order chi connectivity index (χ1) is 20.2. The molecule has 9 heteroatoms. The van der Waals surface area contributed by atoms with Crippen LogP contribution in [0.25, 0.3) is 22.5 Å². The number of amidine groups is 1. The molecule has 2 aromatic heterocycles. The van der Waals surface area contributed by atoms with Crippen LogP contribution in [0, 0.1) is 0 Å². The molecule has 8 nitrogen and oxygen atoms in total. The molecule has 1 unspecified atom stereocenters. The van der Waals surface area contributed by atoms with E-state index >= 15 is 0 Å². The van der Waals surface area contributed by atoms with E-state index in [-0.39, 0.29) is 0 Å². The minimum atomic E-state index is -0.472. The van der Waals surface area contributed by atoms with Crippen LogP contribution in [0.4, 0.5) is 11.4 Å². The third kappa shape index (κ3) is 5.15. The Labute approximate surface area is 242 Å². The van der Waals surface area contributed by atoms with Crippen LogP contribution in [0.5, 0.6) is 0 Å². The fourth-order valence-electron chi connectivity index (χ4n) is 5.20. The van der Waals surface area contributed by atoms with Crippen molar-refractivity contribution in [2.24, 2.45) is 5.16 Å². The standard InChI is InChI=1S/C32H27ClN6O2/c33-26-7-5-23(6-8-26)29-13-14-30(40-29)31-37-41-32(24-3-1-22(2-4-24)25-19-35-21-36-20-25)39(31)28-11-9-27(10-12-28)38-17-15-34-16-18-38/h1-14,19-21,32,34H,15-18H2. The summed E-state index contributed by atoms with van der Waals surface area (Å²) in [5.41, 5.74) is 6.02. The van der Waals surface area contributed by atoms with E-state index in [0.29, 0.717) is 16.6 Å². The van der Waals surface area contributed by atoms with Gasteiger partial charge in [-0.05, 0) is 66.2 Å². The Morgan fingerprint density at radius 3 is 2.10 bits per heavy atom. The zero-order valence-corrected chi connectivity index (χ0v) is 22.9. The lowest BCUT2D eigenvalue weighted by atomic mass is 10.1. The summed E-state index contributed by atoms with van der Waals surface area (Å²) in [6, 6.07) is 28.2. The summed E-state index contributed by atoms with van der Waals surface area (Å²) >= 11 is 6.09. The van der Waals surface area contributed by atoms with Gasteiger partial charge in [0.05, 0.1) is 0 Å². The van der Waals surface area contributed by atoms with Crippen molar-refractivity contribution in [2.45, 2.75) is 6.23 Å². The first kappa shape index (κ1) is 25.3. The molecule has 1 atom stereocenters. The van der Waals surface area contributed by atoms with Gasteiger partial charge in [0.25, 0.3) is 0 Å². The van der Waals surface area contributed by atoms with Crippen molar-refractivity contribution in [1.82, 2.24) is 15.3 Å². The number of piperazine rings is 1. The number of benzene rings is 3. The highest BCUT2D eigenvalue weighted by atomic mass is 35.5. The maximum Gasteiger partial charge on any atom is 0.231 e. The fourth-order valence-corrected chi connectivity index (χ4v) is 5.32. The fraction of sp³-hybridized carbons (Fsp3) is 0.156. The second kappa shape index (κ2) is 11.1. The predicted molar refractivity (Wildman–Crippen MR) is 161 cm³/mol. The molecule has 0 bridgehead atoms. The monoisotopic (exact) mass is 562 g/mol. The van der Waals surface area contributed by atoms with Crippen LogP contribution in [0.15, 0.2) is 113 Å². The van der Waals surface area contributed by atoms with Gasteiger partial charge < -0.3 is 19.5 Å². The molecule has 1 fully saturated rings. The summed E-state index contributed by atoms with van der Waals surface area (Å²) in [6.07, 6.45) is 4.66. The molecule has 0 aliphatic carbocycles. The van der Waals surface area contributed by atoms with E-state index in [9.17, 15) is 0 Å². The van der Waals surface area contributed by atoms with Crippen molar-refractivity contribution in [3.05, 3.63) is 120 Å². The molecule has 3 aromatic carbocycles. The Bertz CT molecular complexity index is 1650. The normalized spacial score (nSPS) is 16.9. The van der Waals surface area contributed by atoms with Gasteiger partial charge in [-0.25, -0.2) is 9.97 Å². The van der Waals surface area contributed by atoms with Crippen molar-refractivity contribution >= 4 is 28.8 Å². The molecule has 0 saturated carbocycles. The molecule has 5 aromatic rings. The predicted octanol–water partition coefficient (Wildman–Crippen LogP) is 6.36. The quantitative estimate of drug-likeness (QED) is 0.258. The Morgan fingerprint density at radius 2 is 1.37 bits per heavy atom. The molecule has 204 valence electrons. The molecular formula is C32H27ClN6O2. The molecule has 2 aliphatic rings. The summed E-state index contributed by atoms with van der Waals surface area (Å²) in [7, 11) is 0. The number of furan rings is 1. The highest BCUT2D eigenvalue weighted by molar-refractivity contribution is 6.30. The first-order valence-corrected chi connectivity index (χ1v) is 13.9. The number of nitrogens with one attached hydrogen (secondary N) is 1. The van der Waals surface area contributed by atoms with Gasteiger partial charge in [-0.1, -0.05) is 41.0 Å². The number of rotatable bonds is 6. The Morgan fingerprint density at radius 1 is 0.707 bits per heavy atom. The van der Waals surface area contributed by atoms with Gasteiger partial charge in [-0.3, -0.25) is 4.90 Å². The van der Waals surface area contributed by atoms with E-state index in [1.54, 1.807) is 12.4 Å². The number of halogens is 1. The smallest absolute Gasteiger partial charge is 0.231 e. The average molecular weight is 563 g/mol. The Hall–Kier alpha value is -4.66. The second-order valence-electron chi connectivity index (χ2n) is 9.92. The number of hydrogen-bond acceptors (Lipinski definition) is 8. The van der Waals surface area contributed by atoms with Gasteiger partial charge in [0.15, 0.2) is 5.76 Å². The molecule has 0 spiro atoms. The second-order valence-corrected chi connectivity index (χ2v) is 10.4. The van der Waals surface area contributed by atoms with Gasteiger partial charge in [0, 0.05) is 71.7 Å². The van der Waals surface area contributed by atoms with E-state index in [2.05, 4.69) is 66.6 Å². The molecule has 1 N–H and O–H groups in total. The largest absolute Gasteiger partial charge is 0.453 e. The number of aromatic nitrogens is 2. The van der Waals surface area contributed by atoms with Crippen molar-refractivity contribution in [3.8, 4) is 22.5 Å². The van der Waals surface area contributed by atoms with Crippen LogP contribution in [0.2, 0.25) is 5.02 Å². The number of oxime groups is 1. The van der Waals surface area contributed by atoms with Crippen LogP contribution in [-0.2, 0) is 4.84 Å². The maximum absolute atomic E-state index is 6.30. The highest BCUT2D eigenvalue weighted by Crippen LogP contribution is 2.37. The number of hydrogen-bond donors (Lipinski definition) is 1. The lowest BCUT2D eigenvalue weighted by Crippen LogP contribution is -2.43.